The van der Waals surface area contributed by atoms with Gasteiger partial charge in [0.15, 0.2) is 0 Å². The van der Waals surface area contributed by atoms with Crippen molar-refractivity contribution in [3.8, 4) is 0 Å². The molecule has 1 heterocycles. The molecule has 0 amide bonds. The Morgan fingerprint density at radius 3 is 3.08 bits per heavy atom. The second-order valence-electron chi connectivity index (χ2n) is 3.45. The molecule has 1 aromatic rings. The van der Waals surface area contributed by atoms with E-state index in [1.807, 2.05) is 0 Å². The molecule has 1 nitrogen and oxygen atoms in total. The summed E-state index contributed by atoms with van der Waals surface area (Å²) in [5, 5.41) is 3.44. The van der Waals surface area contributed by atoms with Gasteiger partial charge in [0.2, 0.25) is 0 Å². The Hall–Kier alpha value is -0.980. The van der Waals surface area contributed by atoms with Crippen LogP contribution in [0.5, 0.6) is 0 Å². The lowest BCUT2D eigenvalue weighted by Crippen LogP contribution is -2.00. The van der Waals surface area contributed by atoms with Crippen molar-refractivity contribution in [1.29, 1.82) is 0 Å². The van der Waals surface area contributed by atoms with Gasteiger partial charge in [-0.2, -0.15) is 0 Å². The number of nitrogens with one attached hydrogen (secondary N) is 1. The van der Waals surface area contributed by atoms with Crippen molar-refractivity contribution in [2.24, 2.45) is 0 Å². The van der Waals surface area contributed by atoms with Gasteiger partial charge in [0.05, 0.1) is 0 Å². The molecular formula is C11H15N. The minimum atomic E-state index is 0.756. The fraction of sp³-hybridized carbons (Fsp3) is 0.455. The molecule has 1 atom stereocenters. The van der Waals surface area contributed by atoms with Crippen molar-refractivity contribution in [2.45, 2.75) is 25.7 Å². The van der Waals surface area contributed by atoms with E-state index in [0.29, 0.717) is 0 Å². The van der Waals surface area contributed by atoms with E-state index in [1.165, 1.54) is 24.1 Å². The molecule has 12 heavy (non-hydrogen) atoms. The number of rotatable bonds is 2. The highest BCUT2D eigenvalue weighted by Crippen LogP contribution is 2.33. The number of para-hydroxylation sites is 1. The first-order valence-corrected chi connectivity index (χ1v) is 4.74. The predicted molar refractivity (Wildman–Crippen MR) is 52.6 cm³/mol. The number of benzene rings is 1. The van der Waals surface area contributed by atoms with E-state index in [9.17, 15) is 0 Å². The summed E-state index contributed by atoms with van der Waals surface area (Å²) in [5.74, 6) is 0.756. The first-order valence-electron chi connectivity index (χ1n) is 4.74. The van der Waals surface area contributed by atoms with Crippen molar-refractivity contribution >= 4 is 5.69 Å². The summed E-state index contributed by atoms with van der Waals surface area (Å²) < 4.78 is 0. The highest BCUT2D eigenvalue weighted by Gasteiger charge is 2.19. The molecule has 1 heteroatoms. The highest BCUT2D eigenvalue weighted by atomic mass is 14.9. The summed E-state index contributed by atoms with van der Waals surface area (Å²) in [7, 11) is 0. The van der Waals surface area contributed by atoms with Crippen molar-refractivity contribution in [3.63, 3.8) is 0 Å². The van der Waals surface area contributed by atoms with Crippen LogP contribution in [0, 0.1) is 0 Å². The molecule has 0 bridgehead atoms. The lowest BCUT2D eigenvalue weighted by molar-refractivity contribution is 0.661. The normalized spacial score (nSPS) is 20.2. The Kier molecular flexibility index (Phi) is 2.03. The summed E-state index contributed by atoms with van der Waals surface area (Å²) in [6.45, 7) is 3.38. The molecule has 64 valence electrons. The minimum absolute atomic E-state index is 0.756. The van der Waals surface area contributed by atoms with Gasteiger partial charge in [0.1, 0.15) is 0 Å². The Bertz CT molecular complexity index is 265. The van der Waals surface area contributed by atoms with Gasteiger partial charge in [0, 0.05) is 18.2 Å². The second-order valence-corrected chi connectivity index (χ2v) is 3.45. The van der Waals surface area contributed by atoms with Crippen LogP contribution >= 0.6 is 0 Å². The average Bonchev–Trinajstić information content (AvgIpc) is 2.50. The van der Waals surface area contributed by atoms with Gasteiger partial charge in [-0.25, -0.2) is 0 Å². The third-order valence-electron chi connectivity index (χ3n) is 2.58. The largest absolute Gasteiger partial charge is 0.384 e. The first kappa shape index (κ1) is 7.66. The Balaban J connectivity index is 2.24. The van der Waals surface area contributed by atoms with Crippen LogP contribution in [0.2, 0.25) is 0 Å². The Labute approximate surface area is 73.8 Å². The van der Waals surface area contributed by atoms with E-state index in [1.54, 1.807) is 0 Å². The molecule has 0 saturated carbocycles. The third-order valence-corrected chi connectivity index (χ3v) is 2.58. The molecule has 1 aliphatic rings. The number of hydrogen-bond acceptors (Lipinski definition) is 1. The zero-order chi connectivity index (χ0) is 8.39. The fourth-order valence-electron chi connectivity index (χ4n) is 1.96. The van der Waals surface area contributed by atoms with Gasteiger partial charge in [0.25, 0.3) is 0 Å². The molecule has 1 aliphatic heterocycles. The van der Waals surface area contributed by atoms with Crippen LogP contribution in [0.3, 0.4) is 0 Å². The van der Waals surface area contributed by atoms with Crippen molar-refractivity contribution < 1.29 is 0 Å². The number of anilines is 1. The van der Waals surface area contributed by atoms with Crippen molar-refractivity contribution in [2.75, 3.05) is 11.9 Å². The van der Waals surface area contributed by atoms with Gasteiger partial charge in [-0.3, -0.25) is 0 Å². The van der Waals surface area contributed by atoms with Crippen LogP contribution in [-0.4, -0.2) is 6.54 Å². The predicted octanol–water partition coefficient (Wildman–Crippen LogP) is 3.00. The van der Waals surface area contributed by atoms with E-state index in [4.69, 9.17) is 0 Å². The first-order chi connectivity index (χ1) is 5.92. The minimum Gasteiger partial charge on any atom is -0.384 e. The van der Waals surface area contributed by atoms with Crippen LogP contribution in [0.4, 0.5) is 5.69 Å². The third kappa shape index (κ3) is 1.20. The average molecular weight is 161 g/mol. The van der Waals surface area contributed by atoms with E-state index >= 15 is 0 Å². The van der Waals surface area contributed by atoms with Gasteiger partial charge in [-0.15, -0.1) is 0 Å². The summed E-state index contributed by atoms with van der Waals surface area (Å²) >= 11 is 0. The molecule has 0 spiro atoms. The van der Waals surface area contributed by atoms with Crippen LogP contribution in [0.15, 0.2) is 24.3 Å². The van der Waals surface area contributed by atoms with Crippen LogP contribution in [-0.2, 0) is 0 Å². The smallest absolute Gasteiger partial charge is 0.0376 e. The monoisotopic (exact) mass is 161 g/mol. The highest BCUT2D eigenvalue weighted by molar-refractivity contribution is 5.57. The number of hydrogen-bond donors (Lipinski definition) is 1. The molecule has 0 radical (unpaired) electrons. The van der Waals surface area contributed by atoms with Crippen LogP contribution in [0.25, 0.3) is 0 Å². The van der Waals surface area contributed by atoms with Gasteiger partial charge in [-0.05, 0) is 18.1 Å². The maximum atomic E-state index is 3.44. The molecule has 1 unspecified atom stereocenters. The lowest BCUT2D eigenvalue weighted by Gasteiger charge is -2.06. The van der Waals surface area contributed by atoms with Crippen molar-refractivity contribution in [1.82, 2.24) is 0 Å². The van der Waals surface area contributed by atoms with Gasteiger partial charge < -0.3 is 5.32 Å². The van der Waals surface area contributed by atoms with E-state index in [0.717, 1.165) is 12.5 Å². The van der Waals surface area contributed by atoms with Crippen molar-refractivity contribution in [3.05, 3.63) is 29.8 Å². The lowest BCUT2D eigenvalue weighted by atomic mass is 9.97. The SMILES string of the molecule is CCCC1CNc2ccccc21. The molecule has 1 aromatic carbocycles. The summed E-state index contributed by atoms with van der Waals surface area (Å²) in [5.41, 5.74) is 2.86. The number of fused-ring (bicyclic) bond motifs is 1. The Morgan fingerprint density at radius 2 is 2.25 bits per heavy atom. The topological polar surface area (TPSA) is 12.0 Å². The molecule has 0 aromatic heterocycles. The van der Waals surface area contributed by atoms with E-state index < -0.39 is 0 Å². The second kappa shape index (κ2) is 3.18. The van der Waals surface area contributed by atoms with Gasteiger partial charge >= 0.3 is 0 Å². The summed E-state index contributed by atoms with van der Waals surface area (Å²) in [6.07, 6.45) is 2.59. The van der Waals surface area contributed by atoms with Crippen LogP contribution < -0.4 is 5.32 Å². The quantitative estimate of drug-likeness (QED) is 0.703. The molecule has 0 saturated heterocycles. The standard InChI is InChI=1S/C11H15N/c1-2-5-9-8-12-11-7-4-3-6-10(9)11/h3-4,6-7,9,12H,2,5,8H2,1H3. The zero-order valence-electron chi connectivity index (χ0n) is 7.51. The maximum Gasteiger partial charge on any atom is 0.0376 e. The zero-order valence-corrected chi connectivity index (χ0v) is 7.51. The fourth-order valence-corrected chi connectivity index (χ4v) is 1.96. The molecular weight excluding hydrogens is 146 g/mol. The maximum absolute atomic E-state index is 3.44. The summed E-state index contributed by atoms with van der Waals surface area (Å²) in [6, 6.07) is 8.65. The molecule has 2 rings (SSSR count). The van der Waals surface area contributed by atoms with Gasteiger partial charge in [-0.1, -0.05) is 31.5 Å². The Morgan fingerprint density at radius 1 is 1.42 bits per heavy atom. The molecule has 0 aliphatic carbocycles. The molecule has 1 N–H and O–H groups in total. The van der Waals surface area contributed by atoms with Crippen LogP contribution in [0.1, 0.15) is 31.2 Å². The van der Waals surface area contributed by atoms with E-state index in [2.05, 4.69) is 36.5 Å². The molecule has 0 fully saturated rings. The summed E-state index contributed by atoms with van der Waals surface area (Å²) in [4.78, 5) is 0. The van der Waals surface area contributed by atoms with E-state index in [-0.39, 0.29) is 0 Å².